The first-order chi connectivity index (χ1) is 9.83. The van der Waals surface area contributed by atoms with E-state index in [4.69, 9.17) is 4.74 Å². The Kier molecular flexibility index (Phi) is 5.68. The van der Waals surface area contributed by atoms with E-state index in [0.717, 1.165) is 29.6 Å². The third kappa shape index (κ3) is 5.60. The normalized spacial score (nSPS) is 22.3. The van der Waals surface area contributed by atoms with Crippen molar-refractivity contribution in [1.29, 1.82) is 0 Å². The van der Waals surface area contributed by atoms with Gasteiger partial charge >= 0.3 is 6.09 Å². The molecule has 1 heterocycles. The summed E-state index contributed by atoms with van der Waals surface area (Å²) in [7, 11) is 0. The van der Waals surface area contributed by atoms with Crippen molar-refractivity contribution in [3.8, 4) is 0 Å². The third-order valence-corrected chi connectivity index (χ3v) is 4.96. The Labute approximate surface area is 138 Å². The van der Waals surface area contributed by atoms with Crippen LogP contribution in [0.5, 0.6) is 0 Å². The summed E-state index contributed by atoms with van der Waals surface area (Å²) >= 11 is 5.17. The van der Waals surface area contributed by atoms with Gasteiger partial charge < -0.3 is 15.4 Å². The van der Waals surface area contributed by atoms with Gasteiger partial charge in [0.05, 0.1) is 3.79 Å². The van der Waals surface area contributed by atoms with Crippen LogP contribution in [0, 0.1) is 0 Å². The van der Waals surface area contributed by atoms with Crippen LogP contribution in [-0.4, -0.2) is 23.8 Å². The minimum absolute atomic E-state index is 0.155. The van der Waals surface area contributed by atoms with E-state index in [9.17, 15) is 4.79 Å². The lowest BCUT2D eigenvalue weighted by Crippen LogP contribution is -2.47. The molecular weight excluding hydrogens is 352 g/mol. The fourth-order valence-corrected chi connectivity index (χ4v) is 3.73. The number of alkyl carbamates (subject to hydrolysis) is 1. The molecule has 1 fully saturated rings. The summed E-state index contributed by atoms with van der Waals surface area (Å²) < 4.78 is 6.48. The van der Waals surface area contributed by atoms with Crippen molar-refractivity contribution < 1.29 is 9.53 Å². The largest absolute Gasteiger partial charge is 0.444 e. The van der Waals surface area contributed by atoms with Crippen LogP contribution in [0.1, 0.15) is 45.6 Å². The van der Waals surface area contributed by atoms with Crippen molar-refractivity contribution >= 4 is 33.4 Å². The highest BCUT2D eigenvalue weighted by Gasteiger charge is 2.29. The van der Waals surface area contributed by atoms with E-state index in [1.54, 1.807) is 11.3 Å². The number of hydrogen-bond donors (Lipinski definition) is 2. The predicted octanol–water partition coefficient (Wildman–Crippen LogP) is 4.05. The molecule has 1 aliphatic carbocycles. The molecule has 4 nitrogen and oxygen atoms in total. The summed E-state index contributed by atoms with van der Waals surface area (Å²) in [5.74, 6) is 0. The van der Waals surface area contributed by atoms with Crippen molar-refractivity contribution in [3.63, 3.8) is 0 Å². The zero-order chi connectivity index (χ0) is 15.5. The molecule has 0 aliphatic heterocycles. The van der Waals surface area contributed by atoms with Crippen LogP contribution in [0.25, 0.3) is 0 Å². The Bertz CT molecular complexity index is 484. The SMILES string of the molecule is CC(C)(C)OC(=O)NC1CCCC1NCc1csc(Br)c1. The van der Waals surface area contributed by atoms with E-state index in [0.29, 0.717) is 6.04 Å². The van der Waals surface area contributed by atoms with Gasteiger partial charge in [0.1, 0.15) is 5.60 Å². The summed E-state index contributed by atoms with van der Waals surface area (Å²) in [5, 5.41) is 8.68. The molecule has 6 heteroatoms. The second-order valence-electron chi connectivity index (χ2n) is 6.43. The number of halogens is 1. The molecule has 21 heavy (non-hydrogen) atoms. The summed E-state index contributed by atoms with van der Waals surface area (Å²) in [4.78, 5) is 11.9. The van der Waals surface area contributed by atoms with Crippen LogP contribution in [0.15, 0.2) is 15.2 Å². The second-order valence-corrected chi connectivity index (χ2v) is 8.72. The number of rotatable bonds is 4. The maximum Gasteiger partial charge on any atom is 0.407 e. The van der Waals surface area contributed by atoms with Gasteiger partial charge in [-0.1, -0.05) is 0 Å². The lowest BCUT2D eigenvalue weighted by molar-refractivity contribution is 0.0498. The number of amides is 1. The molecule has 1 amide bonds. The first-order valence-corrected chi connectivity index (χ1v) is 8.96. The molecule has 1 saturated carbocycles. The number of thiophene rings is 1. The van der Waals surface area contributed by atoms with Crippen LogP contribution in [0.2, 0.25) is 0 Å². The van der Waals surface area contributed by atoms with Crippen molar-refractivity contribution in [1.82, 2.24) is 10.6 Å². The molecule has 118 valence electrons. The van der Waals surface area contributed by atoms with E-state index < -0.39 is 5.60 Å². The maximum atomic E-state index is 11.9. The maximum absolute atomic E-state index is 11.9. The molecule has 1 aromatic rings. The van der Waals surface area contributed by atoms with E-state index in [1.165, 1.54) is 5.56 Å². The van der Waals surface area contributed by atoms with Crippen molar-refractivity contribution in [2.45, 2.75) is 64.3 Å². The fraction of sp³-hybridized carbons (Fsp3) is 0.667. The van der Waals surface area contributed by atoms with E-state index >= 15 is 0 Å². The Balaban J connectivity index is 1.81. The summed E-state index contributed by atoms with van der Waals surface area (Å²) in [5.41, 5.74) is 0.823. The van der Waals surface area contributed by atoms with Crippen LogP contribution < -0.4 is 10.6 Å². The number of carbonyl (C=O) groups is 1. The lowest BCUT2D eigenvalue weighted by Gasteiger charge is -2.25. The Hall–Kier alpha value is -0.590. The van der Waals surface area contributed by atoms with Gasteiger partial charge in [-0.15, -0.1) is 11.3 Å². The van der Waals surface area contributed by atoms with Crippen molar-refractivity contribution in [2.75, 3.05) is 0 Å². The van der Waals surface area contributed by atoms with Gasteiger partial charge in [-0.3, -0.25) is 0 Å². The highest BCUT2D eigenvalue weighted by molar-refractivity contribution is 9.11. The van der Waals surface area contributed by atoms with Crippen LogP contribution >= 0.6 is 27.3 Å². The Morgan fingerprint density at radius 2 is 2.14 bits per heavy atom. The van der Waals surface area contributed by atoms with Crippen LogP contribution in [-0.2, 0) is 11.3 Å². The number of carbonyl (C=O) groups excluding carboxylic acids is 1. The molecule has 1 aromatic heterocycles. The van der Waals surface area contributed by atoms with Gasteiger partial charge in [-0.25, -0.2) is 4.79 Å². The lowest BCUT2D eigenvalue weighted by atomic mass is 10.1. The number of hydrogen-bond acceptors (Lipinski definition) is 4. The van der Waals surface area contributed by atoms with Gasteiger partial charge in [-0.05, 0) is 73.0 Å². The smallest absolute Gasteiger partial charge is 0.407 e. The molecule has 0 spiro atoms. The molecule has 1 aliphatic rings. The molecule has 2 atom stereocenters. The highest BCUT2D eigenvalue weighted by atomic mass is 79.9. The summed E-state index contributed by atoms with van der Waals surface area (Å²) in [6.45, 7) is 6.47. The topological polar surface area (TPSA) is 50.4 Å². The first kappa shape index (κ1) is 16.8. The zero-order valence-corrected chi connectivity index (χ0v) is 15.1. The van der Waals surface area contributed by atoms with Crippen LogP contribution in [0.3, 0.4) is 0 Å². The van der Waals surface area contributed by atoms with Crippen molar-refractivity contribution in [3.05, 3.63) is 20.8 Å². The summed E-state index contributed by atoms with van der Waals surface area (Å²) in [6, 6.07) is 2.60. The van der Waals surface area contributed by atoms with Gasteiger partial charge in [0.25, 0.3) is 0 Å². The molecule has 2 unspecified atom stereocenters. The molecule has 0 bridgehead atoms. The molecule has 2 rings (SSSR count). The predicted molar refractivity (Wildman–Crippen MR) is 89.7 cm³/mol. The highest BCUT2D eigenvalue weighted by Crippen LogP contribution is 2.23. The first-order valence-electron chi connectivity index (χ1n) is 7.29. The quantitative estimate of drug-likeness (QED) is 0.835. The van der Waals surface area contributed by atoms with Gasteiger partial charge in [-0.2, -0.15) is 0 Å². The van der Waals surface area contributed by atoms with E-state index in [1.807, 2.05) is 20.8 Å². The fourth-order valence-electron chi connectivity index (χ4n) is 2.52. The average Bonchev–Trinajstić information content (AvgIpc) is 2.93. The molecule has 0 saturated heterocycles. The summed E-state index contributed by atoms with van der Waals surface area (Å²) in [6.07, 6.45) is 2.90. The van der Waals surface area contributed by atoms with E-state index in [2.05, 4.69) is 38.0 Å². The number of ether oxygens (including phenoxy) is 1. The van der Waals surface area contributed by atoms with Crippen molar-refractivity contribution in [2.24, 2.45) is 0 Å². The minimum atomic E-state index is -0.450. The monoisotopic (exact) mass is 374 g/mol. The van der Waals surface area contributed by atoms with Gasteiger partial charge in [0.2, 0.25) is 0 Å². The zero-order valence-electron chi connectivity index (χ0n) is 12.7. The minimum Gasteiger partial charge on any atom is -0.444 e. The molecular formula is C15H23BrN2O2S. The third-order valence-electron chi connectivity index (χ3n) is 3.41. The Morgan fingerprint density at radius 1 is 1.43 bits per heavy atom. The Morgan fingerprint density at radius 3 is 2.76 bits per heavy atom. The molecule has 0 aromatic carbocycles. The van der Waals surface area contributed by atoms with Crippen LogP contribution in [0.4, 0.5) is 4.79 Å². The second kappa shape index (κ2) is 7.11. The molecule has 2 N–H and O–H groups in total. The average molecular weight is 375 g/mol. The molecule has 0 radical (unpaired) electrons. The van der Waals surface area contributed by atoms with E-state index in [-0.39, 0.29) is 12.1 Å². The standard InChI is InChI=1S/C15H23BrN2O2S/c1-15(2,3)20-14(19)18-12-6-4-5-11(12)17-8-10-7-13(16)21-9-10/h7,9,11-12,17H,4-6,8H2,1-3H3,(H,18,19). The number of nitrogens with one attached hydrogen (secondary N) is 2. The van der Waals surface area contributed by atoms with Gasteiger partial charge in [0.15, 0.2) is 0 Å². The van der Waals surface area contributed by atoms with Gasteiger partial charge in [0, 0.05) is 18.6 Å².